The van der Waals surface area contributed by atoms with Crippen molar-refractivity contribution in [2.24, 2.45) is 5.73 Å². The van der Waals surface area contributed by atoms with Crippen molar-refractivity contribution >= 4 is 26.7 Å². The molecule has 8 heteroatoms. The molecular weight excluding hydrogens is 320 g/mol. The number of ether oxygens (including phenoxy) is 2. The van der Waals surface area contributed by atoms with Crippen LogP contribution in [0.15, 0.2) is 35.2 Å². The summed E-state index contributed by atoms with van der Waals surface area (Å²) in [4.78, 5) is 11.1. The standard InChI is InChI=1S/C15H18N2O5S/c1-9(15(16)18)17-23(19,20)12-5-4-10-7-13(21-2)14(22-3)8-11(10)6-12/h4-9,17H,1-3H3,(H2,16,18). The highest BCUT2D eigenvalue weighted by Gasteiger charge is 2.20. The van der Waals surface area contributed by atoms with Gasteiger partial charge in [0.25, 0.3) is 0 Å². The van der Waals surface area contributed by atoms with Gasteiger partial charge in [0.15, 0.2) is 11.5 Å². The Balaban J connectivity index is 2.49. The van der Waals surface area contributed by atoms with Crippen LogP contribution >= 0.6 is 0 Å². The van der Waals surface area contributed by atoms with Gasteiger partial charge in [0.1, 0.15) is 0 Å². The molecule has 0 aromatic heterocycles. The SMILES string of the molecule is COc1cc2ccc(S(=O)(=O)NC(C)C(N)=O)cc2cc1OC. The average molecular weight is 338 g/mol. The van der Waals surface area contributed by atoms with E-state index in [0.29, 0.717) is 16.9 Å². The van der Waals surface area contributed by atoms with Gasteiger partial charge in [-0.25, -0.2) is 8.42 Å². The van der Waals surface area contributed by atoms with Crippen LogP contribution in [0.4, 0.5) is 0 Å². The van der Waals surface area contributed by atoms with Crippen molar-refractivity contribution in [3.05, 3.63) is 30.3 Å². The number of benzene rings is 2. The van der Waals surface area contributed by atoms with Crippen molar-refractivity contribution in [1.82, 2.24) is 4.72 Å². The monoisotopic (exact) mass is 338 g/mol. The van der Waals surface area contributed by atoms with Crippen LogP contribution in [0.5, 0.6) is 11.5 Å². The Kier molecular flexibility index (Phi) is 4.76. The molecule has 0 saturated carbocycles. The summed E-state index contributed by atoms with van der Waals surface area (Å²) < 4.78 is 37.2. The zero-order chi connectivity index (χ0) is 17.2. The molecule has 1 unspecified atom stereocenters. The fourth-order valence-corrected chi connectivity index (χ4v) is 3.33. The summed E-state index contributed by atoms with van der Waals surface area (Å²) >= 11 is 0. The van der Waals surface area contributed by atoms with Crippen LogP contribution in [0.25, 0.3) is 10.8 Å². The molecule has 124 valence electrons. The van der Waals surface area contributed by atoms with Gasteiger partial charge >= 0.3 is 0 Å². The Bertz CT molecular complexity index is 848. The predicted octanol–water partition coefficient (Wildman–Crippen LogP) is 1.01. The number of hydrogen-bond acceptors (Lipinski definition) is 5. The largest absolute Gasteiger partial charge is 0.493 e. The molecule has 0 aliphatic heterocycles. The van der Waals surface area contributed by atoms with E-state index >= 15 is 0 Å². The summed E-state index contributed by atoms with van der Waals surface area (Å²) in [5.74, 6) is 0.296. The molecule has 7 nitrogen and oxygen atoms in total. The van der Waals surface area contributed by atoms with E-state index in [1.165, 1.54) is 33.3 Å². The van der Waals surface area contributed by atoms with Gasteiger partial charge in [-0.1, -0.05) is 6.07 Å². The second kappa shape index (κ2) is 6.43. The molecule has 3 N–H and O–H groups in total. The normalized spacial score (nSPS) is 12.8. The topological polar surface area (TPSA) is 108 Å². The third kappa shape index (κ3) is 3.54. The third-order valence-electron chi connectivity index (χ3n) is 3.38. The first-order chi connectivity index (χ1) is 10.8. The second-order valence-corrected chi connectivity index (χ2v) is 6.68. The van der Waals surface area contributed by atoms with E-state index in [-0.39, 0.29) is 4.90 Å². The minimum Gasteiger partial charge on any atom is -0.493 e. The molecule has 23 heavy (non-hydrogen) atoms. The summed E-state index contributed by atoms with van der Waals surface area (Å²) in [6.07, 6.45) is 0. The number of nitrogens with two attached hydrogens (primary N) is 1. The van der Waals surface area contributed by atoms with Crippen molar-refractivity contribution in [2.45, 2.75) is 17.9 Å². The quantitative estimate of drug-likeness (QED) is 0.817. The highest BCUT2D eigenvalue weighted by molar-refractivity contribution is 7.89. The summed E-state index contributed by atoms with van der Waals surface area (Å²) in [5.41, 5.74) is 5.09. The minimum absolute atomic E-state index is 0.0327. The van der Waals surface area contributed by atoms with Gasteiger partial charge in [-0.05, 0) is 42.0 Å². The smallest absolute Gasteiger partial charge is 0.241 e. The average Bonchev–Trinajstić information content (AvgIpc) is 2.52. The van der Waals surface area contributed by atoms with E-state index in [2.05, 4.69) is 4.72 Å². The summed E-state index contributed by atoms with van der Waals surface area (Å²) in [6.45, 7) is 1.38. The molecule has 2 aromatic rings. The predicted molar refractivity (Wildman–Crippen MR) is 86.0 cm³/mol. The van der Waals surface area contributed by atoms with Crippen molar-refractivity contribution in [3.63, 3.8) is 0 Å². The molecule has 2 rings (SSSR count). The van der Waals surface area contributed by atoms with Crippen LogP contribution in [0.1, 0.15) is 6.92 Å². The number of rotatable bonds is 6. The first kappa shape index (κ1) is 17.0. The number of carbonyl (C=O) groups is 1. The number of primary amides is 1. The molecule has 0 radical (unpaired) electrons. The number of nitrogens with one attached hydrogen (secondary N) is 1. The van der Waals surface area contributed by atoms with Gasteiger partial charge in [-0.2, -0.15) is 4.72 Å². The van der Waals surface area contributed by atoms with Gasteiger partial charge in [0.2, 0.25) is 15.9 Å². The Morgan fingerprint density at radius 2 is 1.65 bits per heavy atom. The third-order valence-corrected chi connectivity index (χ3v) is 4.92. The zero-order valence-electron chi connectivity index (χ0n) is 13.0. The van der Waals surface area contributed by atoms with Gasteiger partial charge in [-0.15, -0.1) is 0 Å². The lowest BCUT2D eigenvalue weighted by atomic mass is 10.1. The molecule has 1 amide bonds. The Labute approximate surface area is 134 Å². The Morgan fingerprint density at radius 3 is 2.17 bits per heavy atom. The molecule has 0 aliphatic carbocycles. The van der Waals surface area contributed by atoms with E-state index in [4.69, 9.17) is 15.2 Å². The molecule has 0 saturated heterocycles. The summed E-state index contributed by atoms with van der Waals surface area (Å²) in [6, 6.07) is 7.04. The van der Waals surface area contributed by atoms with Gasteiger partial charge in [0.05, 0.1) is 25.2 Å². The molecule has 0 bridgehead atoms. The van der Waals surface area contributed by atoms with Crippen LogP contribution in [-0.4, -0.2) is 34.6 Å². The van der Waals surface area contributed by atoms with Crippen molar-refractivity contribution in [2.75, 3.05) is 14.2 Å². The van der Waals surface area contributed by atoms with Gasteiger partial charge in [-0.3, -0.25) is 4.79 Å². The lowest BCUT2D eigenvalue weighted by molar-refractivity contribution is -0.119. The number of methoxy groups -OCH3 is 2. The summed E-state index contributed by atoms with van der Waals surface area (Å²) in [7, 11) is -0.828. The molecule has 1 atom stereocenters. The van der Waals surface area contributed by atoms with Gasteiger partial charge < -0.3 is 15.2 Å². The Hall–Kier alpha value is -2.32. The highest BCUT2D eigenvalue weighted by atomic mass is 32.2. The maximum Gasteiger partial charge on any atom is 0.241 e. The van der Waals surface area contributed by atoms with Crippen LogP contribution < -0.4 is 19.9 Å². The maximum absolute atomic E-state index is 12.3. The minimum atomic E-state index is -3.85. The van der Waals surface area contributed by atoms with E-state index < -0.39 is 22.0 Å². The van der Waals surface area contributed by atoms with Crippen molar-refractivity contribution in [1.29, 1.82) is 0 Å². The first-order valence-corrected chi connectivity index (χ1v) is 8.24. The lowest BCUT2D eigenvalue weighted by Gasteiger charge is -2.13. The molecule has 0 fully saturated rings. The lowest BCUT2D eigenvalue weighted by Crippen LogP contribution is -2.42. The van der Waals surface area contributed by atoms with E-state index in [1.54, 1.807) is 18.2 Å². The number of sulfonamides is 1. The number of fused-ring (bicyclic) bond motifs is 1. The van der Waals surface area contributed by atoms with Crippen molar-refractivity contribution < 1.29 is 22.7 Å². The summed E-state index contributed by atoms with van der Waals surface area (Å²) in [5, 5.41) is 1.46. The van der Waals surface area contributed by atoms with E-state index in [1.807, 2.05) is 0 Å². The number of hydrogen-bond donors (Lipinski definition) is 2. The van der Waals surface area contributed by atoms with Crippen LogP contribution in [0.3, 0.4) is 0 Å². The van der Waals surface area contributed by atoms with Crippen molar-refractivity contribution in [3.8, 4) is 11.5 Å². The molecule has 0 aliphatic rings. The van der Waals surface area contributed by atoms with Crippen LogP contribution in [0.2, 0.25) is 0 Å². The highest BCUT2D eigenvalue weighted by Crippen LogP contribution is 2.33. The van der Waals surface area contributed by atoms with E-state index in [0.717, 1.165) is 5.39 Å². The van der Waals surface area contributed by atoms with E-state index in [9.17, 15) is 13.2 Å². The maximum atomic E-state index is 12.3. The molecule has 2 aromatic carbocycles. The first-order valence-electron chi connectivity index (χ1n) is 6.76. The van der Waals surface area contributed by atoms with Gasteiger partial charge in [0, 0.05) is 0 Å². The number of amides is 1. The second-order valence-electron chi connectivity index (χ2n) is 4.96. The zero-order valence-corrected chi connectivity index (χ0v) is 13.8. The Morgan fingerprint density at radius 1 is 1.09 bits per heavy atom. The fourth-order valence-electron chi connectivity index (χ4n) is 2.08. The van der Waals surface area contributed by atoms with Crippen LogP contribution in [0, 0.1) is 0 Å². The molecule has 0 spiro atoms. The molecular formula is C15H18N2O5S. The fraction of sp³-hybridized carbons (Fsp3) is 0.267. The number of carbonyl (C=O) groups excluding carboxylic acids is 1. The molecule has 0 heterocycles. The van der Waals surface area contributed by atoms with Crippen LogP contribution in [-0.2, 0) is 14.8 Å².